The summed E-state index contributed by atoms with van der Waals surface area (Å²) >= 11 is 0. The molecule has 3 aromatic heterocycles. The van der Waals surface area contributed by atoms with Gasteiger partial charge in [-0.15, -0.1) is 17.5 Å². The first kappa shape index (κ1) is 19.9. The van der Waals surface area contributed by atoms with Crippen LogP contribution in [-0.2, 0) is 13.2 Å². The van der Waals surface area contributed by atoms with E-state index in [2.05, 4.69) is 26.3 Å². The highest BCUT2D eigenvalue weighted by Crippen LogP contribution is 2.23. The Bertz CT molecular complexity index is 1350. The standard InChI is InChI=1S/C22H16FN5O.ClH/c23-18-11-16(4-5-17(18)13-29)20-7-8-21-22(25-20)28(27-26-21)12-14-3-6-19-15(10-14)2-1-9-24-19;/h1-11,29H,12-13H2;1H. The third kappa shape index (κ3) is 3.60. The average Bonchev–Trinajstić information content (AvgIpc) is 3.15. The highest BCUT2D eigenvalue weighted by molar-refractivity contribution is 5.85. The van der Waals surface area contributed by atoms with Crippen molar-refractivity contribution in [1.29, 1.82) is 0 Å². The first-order valence-corrected chi connectivity index (χ1v) is 9.15. The molecular formula is C22H17ClFN5O. The molecule has 0 aliphatic carbocycles. The van der Waals surface area contributed by atoms with Crippen molar-refractivity contribution in [1.82, 2.24) is 25.0 Å². The number of hydrogen-bond donors (Lipinski definition) is 1. The van der Waals surface area contributed by atoms with E-state index in [0.717, 1.165) is 16.5 Å². The zero-order chi connectivity index (χ0) is 19.8. The van der Waals surface area contributed by atoms with Gasteiger partial charge in [-0.1, -0.05) is 29.5 Å². The number of benzene rings is 2. The smallest absolute Gasteiger partial charge is 0.179 e. The van der Waals surface area contributed by atoms with Gasteiger partial charge in [0, 0.05) is 22.7 Å². The average molecular weight is 422 g/mol. The van der Waals surface area contributed by atoms with Gasteiger partial charge in [0.05, 0.1) is 24.4 Å². The topological polar surface area (TPSA) is 76.7 Å². The number of pyridine rings is 2. The van der Waals surface area contributed by atoms with Crippen LogP contribution < -0.4 is 0 Å². The zero-order valence-corrected chi connectivity index (χ0v) is 16.6. The zero-order valence-electron chi connectivity index (χ0n) is 15.7. The second-order valence-corrected chi connectivity index (χ2v) is 6.78. The van der Waals surface area contributed by atoms with Crippen molar-refractivity contribution >= 4 is 34.5 Å². The van der Waals surface area contributed by atoms with Crippen LogP contribution in [0.4, 0.5) is 4.39 Å². The molecule has 0 amide bonds. The van der Waals surface area contributed by atoms with Crippen LogP contribution in [0.1, 0.15) is 11.1 Å². The predicted molar refractivity (Wildman–Crippen MR) is 115 cm³/mol. The summed E-state index contributed by atoms with van der Waals surface area (Å²) in [6, 6.07) is 18.3. The van der Waals surface area contributed by atoms with Gasteiger partial charge >= 0.3 is 0 Å². The second-order valence-electron chi connectivity index (χ2n) is 6.78. The maximum absolute atomic E-state index is 14.1. The van der Waals surface area contributed by atoms with Crippen molar-refractivity contribution in [3.8, 4) is 11.3 Å². The van der Waals surface area contributed by atoms with E-state index >= 15 is 0 Å². The van der Waals surface area contributed by atoms with Crippen molar-refractivity contribution in [2.24, 2.45) is 0 Å². The minimum atomic E-state index is -0.455. The molecular weight excluding hydrogens is 405 g/mol. The van der Waals surface area contributed by atoms with Gasteiger partial charge in [-0.3, -0.25) is 4.98 Å². The van der Waals surface area contributed by atoms with E-state index in [9.17, 15) is 4.39 Å². The summed E-state index contributed by atoms with van der Waals surface area (Å²) < 4.78 is 15.8. The highest BCUT2D eigenvalue weighted by atomic mass is 35.5. The van der Waals surface area contributed by atoms with E-state index in [1.54, 1.807) is 29.1 Å². The van der Waals surface area contributed by atoms with Gasteiger partial charge in [0.15, 0.2) is 5.65 Å². The third-order valence-electron chi connectivity index (χ3n) is 4.88. The molecule has 30 heavy (non-hydrogen) atoms. The van der Waals surface area contributed by atoms with Crippen molar-refractivity contribution < 1.29 is 9.50 Å². The van der Waals surface area contributed by atoms with E-state index in [-0.39, 0.29) is 24.6 Å². The van der Waals surface area contributed by atoms with Crippen LogP contribution in [0, 0.1) is 5.82 Å². The molecule has 1 N–H and O–H groups in total. The lowest BCUT2D eigenvalue weighted by molar-refractivity contribution is 0.276. The van der Waals surface area contributed by atoms with E-state index in [4.69, 9.17) is 5.11 Å². The molecule has 0 aliphatic heterocycles. The fraction of sp³-hybridized carbons (Fsp3) is 0.0909. The maximum Gasteiger partial charge on any atom is 0.179 e. The van der Waals surface area contributed by atoms with Gasteiger partial charge in [0.2, 0.25) is 0 Å². The van der Waals surface area contributed by atoms with Gasteiger partial charge in [-0.25, -0.2) is 14.1 Å². The molecule has 0 radical (unpaired) electrons. The van der Waals surface area contributed by atoms with Crippen LogP contribution >= 0.6 is 12.4 Å². The molecule has 0 unspecified atom stereocenters. The van der Waals surface area contributed by atoms with Crippen LogP contribution in [0.15, 0.2) is 66.9 Å². The molecule has 6 nitrogen and oxygen atoms in total. The van der Waals surface area contributed by atoms with Crippen molar-refractivity contribution in [3.63, 3.8) is 0 Å². The Morgan fingerprint density at radius 1 is 0.967 bits per heavy atom. The molecule has 0 atom stereocenters. The molecule has 5 aromatic rings. The predicted octanol–water partition coefficient (Wildman–Crippen LogP) is 4.14. The third-order valence-corrected chi connectivity index (χ3v) is 4.88. The molecule has 0 bridgehead atoms. The van der Waals surface area contributed by atoms with E-state index < -0.39 is 5.82 Å². The minimum Gasteiger partial charge on any atom is -0.392 e. The summed E-state index contributed by atoms with van der Waals surface area (Å²) in [5.74, 6) is -0.455. The molecule has 0 aliphatic rings. The van der Waals surface area contributed by atoms with Crippen molar-refractivity contribution in [2.45, 2.75) is 13.2 Å². The van der Waals surface area contributed by atoms with E-state index in [1.807, 2.05) is 30.3 Å². The van der Waals surface area contributed by atoms with Crippen LogP contribution in [0.3, 0.4) is 0 Å². The quantitative estimate of drug-likeness (QED) is 0.472. The molecule has 150 valence electrons. The second kappa shape index (κ2) is 8.14. The normalized spacial score (nSPS) is 11.0. The summed E-state index contributed by atoms with van der Waals surface area (Å²) in [7, 11) is 0. The summed E-state index contributed by atoms with van der Waals surface area (Å²) in [6.45, 7) is 0.173. The van der Waals surface area contributed by atoms with Crippen LogP contribution in [0.2, 0.25) is 0 Å². The van der Waals surface area contributed by atoms with Gasteiger partial charge < -0.3 is 5.11 Å². The Hall–Kier alpha value is -3.42. The Morgan fingerprint density at radius 2 is 1.83 bits per heavy atom. The monoisotopic (exact) mass is 421 g/mol. The fourth-order valence-corrected chi connectivity index (χ4v) is 3.35. The van der Waals surface area contributed by atoms with Gasteiger partial charge in [0.25, 0.3) is 0 Å². The first-order valence-electron chi connectivity index (χ1n) is 9.15. The van der Waals surface area contributed by atoms with Crippen molar-refractivity contribution in [2.75, 3.05) is 0 Å². The summed E-state index contributed by atoms with van der Waals surface area (Å²) in [4.78, 5) is 9.00. The summed E-state index contributed by atoms with van der Waals surface area (Å²) in [5, 5.41) is 18.6. The number of nitrogens with zero attached hydrogens (tertiary/aromatic N) is 5. The van der Waals surface area contributed by atoms with Crippen LogP contribution in [0.25, 0.3) is 33.3 Å². The lowest BCUT2D eigenvalue weighted by atomic mass is 10.1. The lowest BCUT2D eigenvalue weighted by Crippen LogP contribution is -2.03. The Balaban J connectivity index is 0.00000218. The maximum atomic E-state index is 14.1. The molecule has 5 rings (SSSR count). The SMILES string of the molecule is Cl.OCc1ccc(-c2ccc3nnn(Cc4ccc5ncccc5c4)c3n2)cc1F. The van der Waals surface area contributed by atoms with Gasteiger partial charge in [-0.2, -0.15) is 0 Å². The number of aliphatic hydroxyl groups is 1. The number of hydrogen-bond acceptors (Lipinski definition) is 5. The van der Waals surface area contributed by atoms with E-state index in [1.165, 1.54) is 6.07 Å². The molecule has 8 heteroatoms. The number of aromatic nitrogens is 5. The molecule has 0 spiro atoms. The van der Waals surface area contributed by atoms with Gasteiger partial charge in [0.1, 0.15) is 11.3 Å². The Labute approximate surface area is 177 Å². The Morgan fingerprint density at radius 3 is 2.67 bits per heavy atom. The first-order chi connectivity index (χ1) is 14.2. The molecule has 0 fully saturated rings. The highest BCUT2D eigenvalue weighted by Gasteiger charge is 2.11. The number of halogens is 2. The molecule has 2 aromatic carbocycles. The largest absolute Gasteiger partial charge is 0.392 e. The fourth-order valence-electron chi connectivity index (χ4n) is 3.35. The number of rotatable bonds is 4. The van der Waals surface area contributed by atoms with Crippen LogP contribution in [-0.4, -0.2) is 30.1 Å². The van der Waals surface area contributed by atoms with E-state index in [0.29, 0.717) is 29.0 Å². The number of fused-ring (bicyclic) bond motifs is 2. The molecule has 0 saturated carbocycles. The van der Waals surface area contributed by atoms with Gasteiger partial charge in [-0.05, 0) is 42.0 Å². The van der Waals surface area contributed by atoms with Crippen molar-refractivity contribution in [3.05, 3.63) is 83.8 Å². The Kier molecular flexibility index (Phi) is 5.39. The molecule has 0 saturated heterocycles. The minimum absolute atomic E-state index is 0. The summed E-state index contributed by atoms with van der Waals surface area (Å²) in [5.41, 5.74) is 4.80. The lowest BCUT2D eigenvalue weighted by Gasteiger charge is -2.06. The van der Waals surface area contributed by atoms with Crippen LogP contribution in [0.5, 0.6) is 0 Å². The molecule has 3 heterocycles. The summed E-state index contributed by atoms with van der Waals surface area (Å²) in [6.07, 6.45) is 1.77. The number of aliphatic hydroxyl groups excluding tert-OH is 1.